The smallest absolute Gasteiger partial charge is 0.335 e. The summed E-state index contributed by atoms with van der Waals surface area (Å²) in [5, 5.41) is 3.64. The molecule has 1 aromatic rings. The molecule has 3 rings (SSSR count). The molecule has 0 radical (unpaired) electrons. The summed E-state index contributed by atoms with van der Waals surface area (Å²) in [5.41, 5.74) is 6.39. The molecule has 1 aliphatic carbocycles. The van der Waals surface area contributed by atoms with Gasteiger partial charge in [-0.3, -0.25) is 14.5 Å². The Labute approximate surface area is 163 Å². The normalized spacial score (nSPS) is 21.6. The van der Waals surface area contributed by atoms with Crippen LogP contribution >= 0.6 is 0 Å². The van der Waals surface area contributed by atoms with Crippen LogP contribution in [0.5, 0.6) is 5.75 Å². The number of nitrogens with two attached hydrogens (primary N) is 1. The first-order valence-corrected chi connectivity index (χ1v) is 9.19. The van der Waals surface area contributed by atoms with Crippen LogP contribution in [0, 0.1) is 11.8 Å². The summed E-state index contributed by atoms with van der Waals surface area (Å²) in [6.07, 6.45) is 5.45. The van der Waals surface area contributed by atoms with Crippen molar-refractivity contribution in [2.75, 3.05) is 13.7 Å². The number of amidine groups is 1. The Kier molecular flexibility index (Phi) is 6.08. The summed E-state index contributed by atoms with van der Waals surface area (Å²) in [6, 6.07) is 6.84. The predicted octanol–water partition coefficient (Wildman–Crippen LogP) is 1.59. The molecule has 0 bridgehead atoms. The first kappa shape index (κ1) is 19.6. The van der Waals surface area contributed by atoms with E-state index in [0.717, 1.165) is 0 Å². The molecule has 2 aliphatic rings. The lowest BCUT2D eigenvalue weighted by atomic mass is 9.85. The Bertz CT molecular complexity index is 790. The fraction of sp³-hybridized carbons (Fsp3) is 0.400. The molecule has 1 aliphatic heterocycles. The number of rotatable bonds is 7. The molecule has 1 saturated heterocycles. The number of allylic oxidation sites excluding steroid dienone is 2. The lowest BCUT2D eigenvalue weighted by Crippen LogP contribution is -2.32. The van der Waals surface area contributed by atoms with Gasteiger partial charge in [-0.05, 0) is 43.5 Å². The third kappa shape index (κ3) is 4.21. The van der Waals surface area contributed by atoms with Gasteiger partial charge in [-0.15, -0.1) is 0 Å². The van der Waals surface area contributed by atoms with Crippen LogP contribution in [0.1, 0.15) is 31.2 Å². The van der Waals surface area contributed by atoms with E-state index in [0.29, 0.717) is 30.6 Å². The van der Waals surface area contributed by atoms with Gasteiger partial charge in [0.15, 0.2) is 5.84 Å². The molecule has 1 heterocycles. The fourth-order valence-electron chi connectivity index (χ4n) is 3.43. The Morgan fingerprint density at radius 2 is 1.75 bits per heavy atom. The maximum atomic E-state index is 12.4. The summed E-state index contributed by atoms with van der Waals surface area (Å²) < 4.78 is 5.06. The van der Waals surface area contributed by atoms with E-state index in [4.69, 9.17) is 15.3 Å². The van der Waals surface area contributed by atoms with Gasteiger partial charge in [-0.2, -0.15) is 0 Å². The molecule has 0 unspecified atom stereocenters. The number of nitrogens with zero attached hydrogens (tertiary/aromatic N) is 2. The minimum absolute atomic E-state index is 0.0318. The fourth-order valence-corrected chi connectivity index (χ4v) is 3.43. The number of fused-ring (bicyclic) bond motifs is 1. The van der Waals surface area contributed by atoms with Crippen molar-refractivity contribution < 1.29 is 24.0 Å². The van der Waals surface area contributed by atoms with Crippen molar-refractivity contribution in [3.8, 4) is 5.75 Å². The highest BCUT2D eigenvalue weighted by Gasteiger charge is 2.46. The second-order valence-corrected chi connectivity index (χ2v) is 6.76. The van der Waals surface area contributed by atoms with Crippen LogP contribution in [0.25, 0.3) is 0 Å². The Morgan fingerprint density at radius 1 is 1.14 bits per heavy atom. The van der Waals surface area contributed by atoms with E-state index in [1.165, 1.54) is 4.90 Å². The van der Waals surface area contributed by atoms with Gasteiger partial charge < -0.3 is 15.3 Å². The average molecular weight is 385 g/mol. The lowest BCUT2D eigenvalue weighted by Gasteiger charge is -2.14. The predicted molar refractivity (Wildman–Crippen MR) is 101 cm³/mol. The van der Waals surface area contributed by atoms with Gasteiger partial charge in [0.25, 0.3) is 0 Å². The third-order valence-electron chi connectivity index (χ3n) is 4.99. The number of hydrogen-bond donors (Lipinski definition) is 1. The summed E-state index contributed by atoms with van der Waals surface area (Å²) in [7, 11) is 1.56. The molecular formula is C20H23N3O5. The molecule has 28 heavy (non-hydrogen) atoms. The minimum Gasteiger partial charge on any atom is -0.497 e. The summed E-state index contributed by atoms with van der Waals surface area (Å²) in [4.78, 5) is 42.7. The zero-order valence-corrected chi connectivity index (χ0v) is 15.7. The SMILES string of the molecule is COc1ccc(/C(N)=N/OC(=O)CCCN2C(=O)[C@@H]3CC=CC[C@H]3C2=O)cc1. The van der Waals surface area contributed by atoms with E-state index < -0.39 is 5.97 Å². The van der Waals surface area contributed by atoms with Crippen molar-refractivity contribution >= 4 is 23.6 Å². The molecule has 8 nitrogen and oxygen atoms in total. The van der Waals surface area contributed by atoms with Crippen molar-refractivity contribution in [1.82, 2.24) is 4.90 Å². The Morgan fingerprint density at radius 3 is 2.32 bits per heavy atom. The zero-order valence-electron chi connectivity index (χ0n) is 15.7. The third-order valence-corrected chi connectivity index (χ3v) is 4.99. The number of oxime groups is 1. The molecule has 1 aromatic carbocycles. The molecular weight excluding hydrogens is 362 g/mol. The second-order valence-electron chi connectivity index (χ2n) is 6.76. The van der Waals surface area contributed by atoms with E-state index in [9.17, 15) is 14.4 Å². The molecule has 1 fully saturated rings. The Balaban J connectivity index is 1.45. The van der Waals surface area contributed by atoms with Crippen molar-refractivity contribution in [2.45, 2.75) is 25.7 Å². The van der Waals surface area contributed by atoms with E-state index in [2.05, 4.69) is 5.16 Å². The Hall–Kier alpha value is -3.16. The number of hydrogen-bond acceptors (Lipinski definition) is 6. The molecule has 2 amide bonds. The first-order chi connectivity index (χ1) is 13.5. The molecule has 148 valence electrons. The molecule has 0 saturated carbocycles. The largest absolute Gasteiger partial charge is 0.497 e. The van der Waals surface area contributed by atoms with Crippen LogP contribution in [-0.4, -0.2) is 42.2 Å². The van der Waals surface area contributed by atoms with Crippen LogP contribution in [0.2, 0.25) is 0 Å². The van der Waals surface area contributed by atoms with Gasteiger partial charge in [0, 0.05) is 18.5 Å². The van der Waals surface area contributed by atoms with Gasteiger partial charge in [-0.1, -0.05) is 17.3 Å². The number of carbonyl (C=O) groups is 3. The second kappa shape index (κ2) is 8.69. The number of likely N-dealkylation sites (tertiary alicyclic amines) is 1. The maximum absolute atomic E-state index is 12.4. The molecule has 0 spiro atoms. The lowest BCUT2D eigenvalue weighted by molar-refractivity contribution is -0.145. The van der Waals surface area contributed by atoms with Gasteiger partial charge in [-0.25, -0.2) is 4.79 Å². The standard InChI is InChI=1S/C20H23N3O5/c1-27-14-10-8-13(9-11-14)18(21)22-28-17(24)7-4-12-23-19(25)15-5-2-3-6-16(15)20(23)26/h2-3,8-11,15-16H,4-7,12H2,1H3,(H2,21,22)/t15-,16-/m1/s1. The van der Waals surface area contributed by atoms with Crippen molar-refractivity contribution in [1.29, 1.82) is 0 Å². The number of imide groups is 1. The average Bonchev–Trinajstić information content (AvgIpc) is 2.97. The topological polar surface area (TPSA) is 111 Å². The highest BCUT2D eigenvalue weighted by Crippen LogP contribution is 2.35. The van der Waals surface area contributed by atoms with Gasteiger partial charge in [0.1, 0.15) is 5.75 Å². The van der Waals surface area contributed by atoms with E-state index in [-0.39, 0.29) is 42.5 Å². The van der Waals surface area contributed by atoms with Crippen LogP contribution < -0.4 is 10.5 Å². The van der Waals surface area contributed by atoms with Crippen LogP contribution in [0.3, 0.4) is 0 Å². The van der Waals surface area contributed by atoms with Gasteiger partial charge >= 0.3 is 5.97 Å². The van der Waals surface area contributed by atoms with Crippen LogP contribution in [0.4, 0.5) is 0 Å². The van der Waals surface area contributed by atoms with Crippen LogP contribution in [-0.2, 0) is 19.2 Å². The highest BCUT2D eigenvalue weighted by atomic mass is 16.7. The minimum atomic E-state index is -0.574. The number of carbonyl (C=O) groups excluding carboxylic acids is 3. The molecule has 0 aromatic heterocycles. The van der Waals surface area contributed by atoms with E-state index in [1.807, 2.05) is 12.2 Å². The van der Waals surface area contributed by atoms with E-state index >= 15 is 0 Å². The quantitative estimate of drug-likeness (QED) is 0.191. The number of methoxy groups -OCH3 is 1. The molecule has 2 N–H and O–H groups in total. The molecule has 8 heteroatoms. The van der Waals surface area contributed by atoms with Gasteiger partial charge in [0.2, 0.25) is 11.8 Å². The van der Waals surface area contributed by atoms with Crippen molar-refractivity contribution in [3.05, 3.63) is 42.0 Å². The molecule has 2 atom stereocenters. The summed E-state index contributed by atoms with van der Waals surface area (Å²) in [5.74, 6) is -0.622. The highest BCUT2D eigenvalue weighted by molar-refractivity contribution is 6.05. The van der Waals surface area contributed by atoms with Crippen LogP contribution in [0.15, 0.2) is 41.6 Å². The van der Waals surface area contributed by atoms with Crippen molar-refractivity contribution in [2.24, 2.45) is 22.7 Å². The zero-order chi connectivity index (χ0) is 20.1. The number of amides is 2. The summed E-state index contributed by atoms with van der Waals surface area (Å²) in [6.45, 7) is 0.206. The number of ether oxygens (including phenoxy) is 1. The number of benzene rings is 1. The summed E-state index contributed by atoms with van der Waals surface area (Å²) >= 11 is 0. The maximum Gasteiger partial charge on any atom is 0.335 e. The first-order valence-electron chi connectivity index (χ1n) is 9.19. The van der Waals surface area contributed by atoms with Crippen molar-refractivity contribution in [3.63, 3.8) is 0 Å². The monoisotopic (exact) mass is 385 g/mol. The van der Waals surface area contributed by atoms with E-state index in [1.54, 1.807) is 31.4 Å². The van der Waals surface area contributed by atoms with Gasteiger partial charge in [0.05, 0.1) is 18.9 Å².